The summed E-state index contributed by atoms with van der Waals surface area (Å²) in [5, 5.41) is 3.86. The van der Waals surface area contributed by atoms with Crippen molar-refractivity contribution in [3.8, 4) is 11.5 Å². The number of nitrogens with zero attached hydrogens (tertiary/aromatic N) is 2. The van der Waals surface area contributed by atoms with Gasteiger partial charge in [-0.2, -0.15) is 4.98 Å². The second-order valence-electron chi connectivity index (χ2n) is 4.85. The van der Waals surface area contributed by atoms with E-state index in [1.807, 2.05) is 13.8 Å². The summed E-state index contributed by atoms with van der Waals surface area (Å²) in [6.45, 7) is 4.07. The van der Waals surface area contributed by atoms with Crippen LogP contribution in [0.3, 0.4) is 0 Å². The van der Waals surface area contributed by atoms with Gasteiger partial charge in [-0.05, 0) is 18.2 Å². The van der Waals surface area contributed by atoms with Crippen molar-refractivity contribution >= 4 is 5.97 Å². The number of ether oxygens (including phenoxy) is 3. The minimum atomic E-state index is -0.441. The smallest absolute Gasteiger partial charge is 0.337 e. The van der Waals surface area contributed by atoms with Crippen LogP contribution in [0.4, 0.5) is 0 Å². The molecule has 0 aliphatic carbocycles. The second kappa shape index (κ2) is 6.93. The highest BCUT2D eigenvalue weighted by atomic mass is 16.5. The van der Waals surface area contributed by atoms with Gasteiger partial charge >= 0.3 is 5.97 Å². The van der Waals surface area contributed by atoms with Crippen LogP contribution in [0.5, 0.6) is 11.5 Å². The molecule has 0 N–H and O–H groups in total. The van der Waals surface area contributed by atoms with E-state index in [4.69, 9.17) is 14.0 Å². The topological polar surface area (TPSA) is 83.7 Å². The number of carbonyl (C=O) groups is 1. The SMILES string of the molecule is COC(=O)c1ccc(OCc2nc(C(C)C)no2)c(OC)c1. The van der Waals surface area contributed by atoms with Crippen molar-refractivity contribution in [1.82, 2.24) is 10.1 Å². The highest BCUT2D eigenvalue weighted by molar-refractivity contribution is 5.90. The van der Waals surface area contributed by atoms with Gasteiger partial charge in [0.05, 0.1) is 19.8 Å². The Kier molecular flexibility index (Phi) is 4.98. The van der Waals surface area contributed by atoms with Gasteiger partial charge in [-0.25, -0.2) is 4.79 Å². The van der Waals surface area contributed by atoms with Gasteiger partial charge in [0, 0.05) is 5.92 Å². The molecular formula is C15H18N2O5. The van der Waals surface area contributed by atoms with Gasteiger partial charge in [0.1, 0.15) is 0 Å². The van der Waals surface area contributed by atoms with E-state index in [0.717, 1.165) is 0 Å². The van der Waals surface area contributed by atoms with Crippen LogP contribution in [-0.4, -0.2) is 30.3 Å². The molecule has 118 valence electrons. The second-order valence-corrected chi connectivity index (χ2v) is 4.85. The van der Waals surface area contributed by atoms with Gasteiger partial charge in [-0.1, -0.05) is 19.0 Å². The number of carbonyl (C=O) groups excluding carboxylic acids is 1. The van der Waals surface area contributed by atoms with E-state index in [2.05, 4.69) is 14.9 Å². The molecule has 0 aliphatic heterocycles. The van der Waals surface area contributed by atoms with Crippen LogP contribution in [0.15, 0.2) is 22.7 Å². The average molecular weight is 306 g/mol. The summed E-state index contributed by atoms with van der Waals surface area (Å²) in [7, 11) is 2.81. The highest BCUT2D eigenvalue weighted by Gasteiger charge is 2.14. The zero-order valence-electron chi connectivity index (χ0n) is 13.0. The molecule has 22 heavy (non-hydrogen) atoms. The van der Waals surface area contributed by atoms with E-state index in [1.54, 1.807) is 18.2 Å². The molecule has 0 saturated heterocycles. The maximum absolute atomic E-state index is 11.5. The number of hydrogen-bond donors (Lipinski definition) is 0. The minimum absolute atomic E-state index is 0.119. The summed E-state index contributed by atoms with van der Waals surface area (Å²) >= 11 is 0. The third-order valence-electron chi connectivity index (χ3n) is 2.94. The number of aromatic nitrogens is 2. The molecule has 1 heterocycles. The molecule has 0 spiro atoms. The van der Waals surface area contributed by atoms with Gasteiger partial charge in [0.2, 0.25) is 0 Å². The molecule has 7 heteroatoms. The van der Waals surface area contributed by atoms with E-state index in [1.165, 1.54) is 14.2 Å². The lowest BCUT2D eigenvalue weighted by molar-refractivity contribution is 0.0600. The number of benzene rings is 1. The lowest BCUT2D eigenvalue weighted by atomic mass is 10.2. The molecule has 0 atom stereocenters. The predicted molar refractivity (Wildman–Crippen MR) is 77.1 cm³/mol. The average Bonchev–Trinajstić information content (AvgIpc) is 3.01. The molecule has 2 aromatic rings. The first kappa shape index (κ1) is 15.8. The molecule has 0 bridgehead atoms. The van der Waals surface area contributed by atoms with Crippen molar-refractivity contribution in [2.45, 2.75) is 26.4 Å². The molecule has 0 radical (unpaired) electrons. The summed E-state index contributed by atoms with van der Waals surface area (Å²) in [5.41, 5.74) is 0.381. The first-order valence-electron chi connectivity index (χ1n) is 6.76. The molecule has 0 fully saturated rings. The van der Waals surface area contributed by atoms with Crippen LogP contribution >= 0.6 is 0 Å². The normalized spacial score (nSPS) is 10.6. The zero-order valence-corrected chi connectivity index (χ0v) is 13.0. The van der Waals surface area contributed by atoms with Gasteiger partial charge in [-0.3, -0.25) is 0 Å². The summed E-state index contributed by atoms with van der Waals surface area (Å²) in [4.78, 5) is 15.7. The van der Waals surface area contributed by atoms with Crippen LogP contribution in [0.1, 0.15) is 41.8 Å². The third kappa shape index (κ3) is 3.55. The van der Waals surface area contributed by atoms with Gasteiger partial charge in [0.25, 0.3) is 5.89 Å². The van der Waals surface area contributed by atoms with Crippen LogP contribution in [-0.2, 0) is 11.3 Å². The van der Waals surface area contributed by atoms with Crippen LogP contribution in [0, 0.1) is 0 Å². The van der Waals surface area contributed by atoms with Gasteiger partial charge in [-0.15, -0.1) is 0 Å². The molecule has 0 amide bonds. The maximum atomic E-state index is 11.5. The molecule has 1 aromatic heterocycles. The fourth-order valence-electron chi connectivity index (χ4n) is 1.73. The predicted octanol–water partition coefficient (Wildman–Crippen LogP) is 2.57. The van der Waals surface area contributed by atoms with E-state index >= 15 is 0 Å². The lowest BCUT2D eigenvalue weighted by Gasteiger charge is -2.10. The van der Waals surface area contributed by atoms with E-state index < -0.39 is 5.97 Å². The van der Waals surface area contributed by atoms with Crippen molar-refractivity contribution in [1.29, 1.82) is 0 Å². The van der Waals surface area contributed by atoms with Gasteiger partial charge < -0.3 is 18.7 Å². The monoisotopic (exact) mass is 306 g/mol. The Bertz CT molecular complexity index is 651. The molecule has 2 rings (SSSR count). The quantitative estimate of drug-likeness (QED) is 0.758. The Morgan fingerprint density at radius 1 is 1.27 bits per heavy atom. The maximum Gasteiger partial charge on any atom is 0.337 e. The van der Waals surface area contributed by atoms with Crippen LogP contribution < -0.4 is 9.47 Å². The van der Waals surface area contributed by atoms with Gasteiger partial charge in [0.15, 0.2) is 23.9 Å². The largest absolute Gasteiger partial charge is 0.493 e. The van der Waals surface area contributed by atoms with Crippen LogP contribution in [0.25, 0.3) is 0 Å². The van der Waals surface area contributed by atoms with Crippen molar-refractivity contribution in [2.75, 3.05) is 14.2 Å². The molecule has 7 nitrogen and oxygen atoms in total. The summed E-state index contributed by atoms with van der Waals surface area (Å²) in [6, 6.07) is 4.77. The summed E-state index contributed by atoms with van der Waals surface area (Å²) in [5.74, 6) is 1.65. The first-order valence-corrected chi connectivity index (χ1v) is 6.76. The molecular weight excluding hydrogens is 288 g/mol. The summed E-state index contributed by atoms with van der Waals surface area (Å²) < 4.78 is 20.6. The Balaban J connectivity index is 2.10. The standard InChI is InChI=1S/C15H18N2O5/c1-9(2)14-16-13(22-17-14)8-21-11-6-5-10(15(18)20-4)7-12(11)19-3/h5-7,9H,8H2,1-4H3. The van der Waals surface area contributed by atoms with Crippen molar-refractivity contribution < 1.29 is 23.5 Å². The van der Waals surface area contributed by atoms with Crippen LogP contribution in [0.2, 0.25) is 0 Å². The molecule has 0 saturated carbocycles. The Morgan fingerprint density at radius 3 is 2.64 bits per heavy atom. The number of rotatable bonds is 6. The number of methoxy groups -OCH3 is 2. The van der Waals surface area contributed by atoms with Crippen molar-refractivity contribution in [2.24, 2.45) is 0 Å². The zero-order chi connectivity index (χ0) is 16.1. The Labute approximate surface area is 128 Å². The molecule has 0 aliphatic rings. The fraction of sp³-hybridized carbons (Fsp3) is 0.400. The van der Waals surface area contributed by atoms with Crippen molar-refractivity contribution in [3.63, 3.8) is 0 Å². The fourth-order valence-corrected chi connectivity index (χ4v) is 1.73. The minimum Gasteiger partial charge on any atom is -0.493 e. The van der Waals surface area contributed by atoms with E-state index in [0.29, 0.717) is 28.8 Å². The van der Waals surface area contributed by atoms with E-state index in [9.17, 15) is 4.79 Å². The van der Waals surface area contributed by atoms with Crippen molar-refractivity contribution in [3.05, 3.63) is 35.5 Å². The third-order valence-corrected chi connectivity index (χ3v) is 2.94. The Morgan fingerprint density at radius 2 is 2.05 bits per heavy atom. The molecule has 0 unspecified atom stereocenters. The first-order chi connectivity index (χ1) is 10.5. The van der Waals surface area contributed by atoms with E-state index in [-0.39, 0.29) is 12.5 Å². The Hall–Kier alpha value is -2.57. The lowest BCUT2D eigenvalue weighted by Crippen LogP contribution is -2.03. The highest BCUT2D eigenvalue weighted by Crippen LogP contribution is 2.29. The summed E-state index contributed by atoms with van der Waals surface area (Å²) in [6.07, 6.45) is 0. The number of hydrogen-bond acceptors (Lipinski definition) is 7. The number of esters is 1. The molecule has 1 aromatic carbocycles.